The van der Waals surface area contributed by atoms with Crippen LogP contribution in [0, 0.1) is 11.8 Å². The normalized spacial score (nSPS) is 36.4. The molecule has 1 aliphatic heterocycles. The second-order valence-electron chi connectivity index (χ2n) is 4.84. The predicted molar refractivity (Wildman–Crippen MR) is 58.3 cm³/mol. The second kappa shape index (κ2) is 4.24. The van der Waals surface area contributed by atoms with Gasteiger partial charge in [0.15, 0.2) is 9.84 Å². The quantitative estimate of drug-likeness (QED) is 0.642. The van der Waals surface area contributed by atoms with Crippen LogP contribution < -0.4 is 0 Å². The van der Waals surface area contributed by atoms with Gasteiger partial charge in [-0.15, -0.1) is 0 Å². The van der Waals surface area contributed by atoms with E-state index in [0.717, 1.165) is 25.7 Å². The van der Waals surface area contributed by atoms with Crippen LogP contribution in [0.2, 0.25) is 0 Å². The Hall–Kier alpha value is -0.380. The van der Waals surface area contributed by atoms with Crippen LogP contribution in [0.4, 0.5) is 0 Å². The SMILES string of the molecule is O=C1CCCCCC1C1CCS(=O)(=O)C1. The molecule has 2 atom stereocenters. The van der Waals surface area contributed by atoms with Crippen molar-refractivity contribution in [3.8, 4) is 0 Å². The minimum atomic E-state index is -2.83. The van der Waals surface area contributed by atoms with Crippen LogP contribution in [0.25, 0.3) is 0 Å². The number of hydrogen-bond acceptors (Lipinski definition) is 3. The van der Waals surface area contributed by atoms with Crippen molar-refractivity contribution in [1.29, 1.82) is 0 Å². The molecule has 86 valence electrons. The molecule has 2 aliphatic rings. The largest absolute Gasteiger partial charge is 0.299 e. The standard InChI is InChI=1S/C11H18O3S/c12-11-5-3-1-2-4-10(11)9-6-7-15(13,14)8-9/h9-10H,1-8H2. The van der Waals surface area contributed by atoms with Crippen molar-refractivity contribution >= 4 is 15.6 Å². The van der Waals surface area contributed by atoms with Crippen LogP contribution in [-0.2, 0) is 14.6 Å². The van der Waals surface area contributed by atoms with E-state index in [1.807, 2.05) is 0 Å². The average Bonchev–Trinajstić information content (AvgIpc) is 2.39. The second-order valence-corrected chi connectivity index (χ2v) is 7.06. The maximum absolute atomic E-state index is 11.8. The molecule has 2 unspecified atom stereocenters. The highest BCUT2D eigenvalue weighted by molar-refractivity contribution is 7.91. The van der Waals surface area contributed by atoms with Gasteiger partial charge in [0.1, 0.15) is 5.78 Å². The topological polar surface area (TPSA) is 51.2 Å². The van der Waals surface area contributed by atoms with Crippen molar-refractivity contribution in [2.24, 2.45) is 11.8 Å². The third-order valence-electron chi connectivity index (χ3n) is 3.69. The summed E-state index contributed by atoms with van der Waals surface area (Å²) in [5, 5.41) is 0. The van der Waals surface area contributed by atoms with Gasteiger partial charge in [0.05, 0.1) is 11.5 Å². The Bertz CT molecular complexity index is 345. The van der Waals surface area contributed by atoms with E-state index < -0.39 is 9.84 Å². The van der Waals surface area contributed by atoms with Gasteiger partial charge in [0.25, 0.3) is 0 Å². The van der Waals surface area contributed by atoms with Crippen molar-refractivity contribution < 1.29 is 13.2 Å². The molecule has 1 aliphatic carbocycles. The van der Waals surface area contributed by atoms with Gasteiger partial charge in [-0.25, -0.2) is 8.42 Å². The number of Topliss-reactive ketones (excluding diaryl/α,β-unsaturated/α-hetero) is 1. The molecule has 0 aromatic rings. The molecule has 1 heterocycles. The Labute approximate surface area is 91.2 Å². The molecule has 0 spiro atoms. The molecule has 4 heteroatoms. The van der Waals surface area contributed by atoms with Crippen molar-refractivity contribution in [1.82, 2.24) is 0 Å². The summed E-state index contributed by atoms with van der Waals surface area (Å²) in [6.07, 6.45) is 5.50. The summed E-state index contributed by atoms with van der Waals surface area (Å²) in [5.74, 6) is 1.03. The van der Waals surface area contributed by atoms with Crippen LogP contribution in [0.15, 0.2) is 0 Å². The van der Waals surface area contributed by atoms with Gasteiger partial charge < -0.3 is 0 Å². The van der Waals surface area contributed by atoms with E-state index in [9.17, 15) is 13.2 Å². The smallest absolute Gasteiger partial charge is 0.150 e. The summed E-state index contributed by atoms with van der Waals surface area (Å²) in [7, 11) is -2.83. The Morgan fingerprint density at radius 2 is 1.87 bits per heavy atom. The van der Waals surface area contributed by atoms with E-state index in [2.05, 4.69) is 0 Å². The third kappa shape index (κ3) is 2.60. The molecule has 0 bridgehead atoms. The lowest BCUT2D eigenvalue weighted by atomic mass is 9.85. The fourth-order valence-corrected chi connectivity index (χ4v) is 4.71. The lowest BCUT2D eigenvalue weighted by Gasteiger charge is -2.18. The molecular weight excluding hydrogens is 212 g/mol. The molecule has 1 saturated carbocycles. The van der Waals surface area contributed by atoms with E-state index in [0.29, 0.717) is 24.4 Å². The fraction of sp³-hybridized carbons (Fsp3) is 0.909. The highest BCUT2D eigenvalue weighted by atomic mass is 32.2. The first-order valence-electron chi connectivity index (χ1n) is 5.82. The van der Waals surface area contributed by atoms with Gasteiger partial charge in [-0.3, -0.25) is 4.79 Å². The molecule has 2 rings (SSSR count). The van der Waals surface area contributed by atoms with Crippen LogP contribution in [0.1, 0.15) is 38.5 Å². The average molecular weight is 230 g/mol. The van der Waals surface area contributed by atoms with E-state index in [4.69, 9.17) is 0 Å². The number of rotatable bonds is 1. The van der Waals surface area contributed by atoms with Gasteiger partial charge >= 0.3 is 0 Å². The number of hydrogen-bond donors (Lipinski definition) is 0. The van der Waals surface area contributed by atoms with Crippen LogP contribution in [0.5, 0.6) is 0 Å². The number of ketones is 1. The summed E-state index contributed by atoms with van der Waals surface area (Å²) in [6.45, 7) is 0. The van der Waals surface area contributed by atoms with Crippen molar-refractivity contribution in [3.05, 3.63) is 0 Å². The molecule has 3 nitrogen and oxygen atoms in total. The number of sulfone groups is 1. The zero-order chi connectivity index (χ0) is 10.9. The zero-order valence-corrected chi connectivity index (χ0v) is 9.76. The van der Waals surface area contributed by atoms with Gasteiger partial charge in [0, 0.05) is 12.3 Å². The molecule has 1 saturated heterocycles. The van der Waals surface area contributed by atoms with Crippen molar-refractivity contribution in [3.63, 3.8) is 0 Å². The number of carbonyl (C=O) groups excluding carboxylic acids is 1. The zero-order valence-electron chi connectivity index (χ0n) is 8.94. The van der Waals surface area contributed by atoms with Gasteiger partial charge in [-0.2, -0.15) is 0 Å². The molecule has 15 heavy (non-hydrogen) atoms. The minimum absolute atomic E-state index is 0.0461. The molecule has 0 radical (unpaired) electrons. The maximum Gasteiger partial charge on any atom is 0.150 e. The Balaban J connectivity index is 2.06. The monoisotopic (exact) mass is 230 g/mol. The molecule has 0 aromatic heterocycles. The molecule has 2 fully saturated rings. The highest BCUT2D eigenvalue weighted by Gasteiger charge is 2.36. The summed E-state index contributed by atoms with van der Waals surface area (Å²) < 4.78 is 22.7. The van der Waals surface area contributed by atoms with Gasteiger partial charge in [-0.1, -0.05) is 12.8 Å². The highest BCUT2D eigenvalue weighted by Crippen LogP contribution is 2.33. The van der Waals surface area contributed by atoms with E-state index in [1.54, 1.807) is 0 Å². The van der Waals surface area contributed by atoms with E-state index in [-0.39, 0.29) is 17.6 Å². The Kier molecular flexibility index (Phi) is 3.14. The molecule has 0 aromatic carbocycles. The fourth-order valence-electron chi connectivity index (χ4n) is 2.83. The minimum Gasteiger partial charge on any atom is -0.299 e. The Morgan fingerprint density at radius 1 is 1.07 bits per heavy atom. The predicted octanol–water partition coefficient (Wildman–Crippen LogP) is 1.57. The maximum atomic E-state index is 11.8. The lowest BCUT2D eigenvalue weighted by Crippen LogP contribution is -2.23. The summed E-state index contributed by atoms with van der Waals surface area (Å²) in [6, 6.07) is 0. The number of carbonyl (C=O) groups is 1. The summed E-state index contributed by atoms with van der Waals surface area (Å²) in [5.41, 5.74) is 0. The van der Waals surface area contributed by atoms with E-state index >= 15 is 0 Å². The Morgan fingerprint density at radius 3 is 2.53 bits per heavy atom. The molecular formula is C11H18O3S. The summed E-state index contributed by atoms with van der Waals surface area (Å²) in [4.78, 5) is 11.8. The van der Waals surface area contributed by atoms with Crippen molar-refractivity contribution in [2.75, 3.05) is 11.5 Å². The van der Waals surface area contributed by atoms with Crippen molar-refractivity contribution in [2.45, 2.75) is 38.5 Å². The van der Waals surface area contributed by atoms with Gasteiger partial charge in [-0.05, 0) is 25.2 Å². The van der Waals surface area contributed by atoms with E-state index in [1.165, 1.54) is 0 Å². The summed E-state index contributed by atoms with van der Waals surface area (Å²) >= 11 is 0. The van der Waals surface area contributed by atoms with Crippen LogP contribution >= 0.6 is 0 Å². The van der Waals surface area contributed by atoms with Gasteiger partial charge in [0.2, 0.25) is 0 Å². The molecule has 0 amide bonds. The third-order valence-corrected chi connectivity index (χ3v) is 5.48. The first kappa shape index (κ1) is 11.1. The molecule has 0 N–H and O–H groups in total. The van der Waals surface area contributed by atoms with Crippen LogP contribution in [0.3, 0.4) is 0 Å². The first-order chi connectivity index (χ1) is 7.08. The lowest BCUT2D eigenvalue weighted by molar-refractivity contribution is -0.124. The van der Waals surface area contributed by atoms with Crippen LogP contribution in [-0.4, -0.2) is 25.7 Å². The first-order valence-corrected chi connectivity index (χ1v) is 7.64.